The number of halogens is 2. The van der Waals surface area contributed by atoms with Gasteiger partial charge in [0.05, 0.1) is 10.7 Å². The fourth-order valence-electron chi connectivity index (χ4n) is 1.99. The van der Waals surface area contributed by atoms with E-state index in [0.717, 1.165) is 16.8 Å². The van der Waals surface area contributed by atoms with Crippen molar-refractivity contribution >= 4 is 28.9 Å². The number of hydrogen-bond acceptors (Lipinski definition) is 4. The van der Waals surface area contributed by atoms with Crippen molar-refractivity contribution in [3.05, 3.63) is 52.0 Å². The molecule has 1 heterocycles. The minimum absolute atomic E-state index is 0.514. The zero-order chi connectivity index (χ0) is 15.0. The molecule has 0 saturated heterocycles. The summed E-state index contributed by atoms with van der Waals surface area (Å²) >= 11 is 12.2. The molecule has 0 aliphatic rings. The van der Waals surface area contributed by atoms with E-state index in [2.05, 4.69) is 15.5 Å². The molecular weight excluding hydrogens is 309 g/mol. The first-order valence-corrected chi connectivity index (χ1v) is 6.92. The van der Waals surface area contributed by atoms with Crippen LogP contribution in [0.1, 0.15) is 5.56 Å². The number of aromatic nitrogens is 4. The van der Waals surface area contributed by atoms with Gasteiger partial charge in [-0.2, -0.15) is 4.68 Å². The molecule has 0 aliphatic heterocycles. The number of rotatable bonds is 2. The molecule has 0 atom stereocenters. The van der Waals surface area contributed by atoms with E-state index in [4.69, 9.17) is 28.9 Å². The third-order valence-electron chi connectivity index (χ3n) is 3.13. The normalized spacial score (nSPS) is 10.8. The van der Waals surface area contributed by atoms with E-state index < -0.39 is 0 Å². The topological polar surface area (TPSA) is 69.6 Å². The molecule has 2 N–H and O–H groups in total. The molecule has 0 unspecified atom stereocenters. The molecule has 0 spiro atoms. The molecule has 2 aromatic carbocycles. The highest BCUT2D eigenvalue weighted by molar-refractivity contribution is 6.34. The van der Waals surface area contributed by atoms with Crippen LogP contribution < -0.4 is 5.73 Å². The van der Waals surface area contributed by atoms with E-state index in [9.17, 15) is 0 Å². The van der Waals surface area contributed by atoms with Crippen LogP contribution in [0.15, 0.2) is 36.4 Å². The van der Waals surface area contributed by atoms with Gasteiger partial charge >= 0.3 is 0 Å². The fraction of sp³-hybridized carbons (Fsp3) is 0.0714. The number of tetrazole rings is 1. The summed E-state index contributed by atoms with van der Waals surface area (Å²) in [7, 11) is 0. The zero-order valence-corrected chi connectivity index (χ0v) is 12.6. The van der Waals surface area contributed by atoms with Crippen molar-refractivity contribution in [1.82, 2.24) is 20.2 Å². The van der Waals surface area contributed by atoms with Crippen LogP contribution in [-0.4, -0.2) is 20.2 Å². The first-order valence-electron chi connectivity index (χ1n) is 6.16. The Bertz CT molecular complexity index is 813. The van der Waals surface area contributed by atoms with Crippen molar-refractivity contribution in [3.8, 4) is 17.1 Å². The molecule has 0 fully saturated rings. The number of nitrogen functional groups attached to an aromatic ring is 1. The molecule has 0 saturated carbocycles. The van der Waals surface area contributed by atoms with Crippen LogP contribution in [0.5, 0.6) is 0 Å². The van der Waals surface area contributed by atoms with Crippen LogP contribution in [0.4, 0.5) is 5.69 Å². The second-order valence-electron chi connectivity index (χ2n) is 4.58. The standard InChI is InChI=1S/C14H11Cl2N5/c1-8-6-9(2-5-12(8)17)14-18-19-20-21(14)13-7-10(15)3-4-11(13)16/h2-7H,17H2,1H3. The first-order chi connectivity index (χ1) is 10.1. The van der Waals surface area contributed by atoms with Gasteiger partial charge in [-0.25, -0.2) is 0 Å². The lowest BCUT2D eigenvalue weighted by Crippen LogP contribution is -2.01. The Morgan fingerprint density at radius 1 is 1.10 bits per heavy atom. The van der Waals surface area contributed by atoms with Crippen LogP contribution in [0.2, 0.25) is 10.0 Å². The lowest BCUT2D eigenvalue weighted by molar-refractivity contribution is 0.791. The van der Waals surface area contributed by atoms with Crippen molar-refractivity contribution in [3.63, 3.8) is 0 Å². The maximum atomic E-state index is 6.21. The van der Waals surface area contributed by atoms with Crippen LogP contribution in [0.25, 0.3) is 17.1 Å². The SMILES string of the molecule is Cc1cc(-c2nnnn2-c2cc(Cl)ccc2Cl)ccc1N. The molecule has 106 valence electrons. The van der Waals surface area contributed by atoms with Crippen molar-refractivity contribution in [2.45, 2.75) is 6.92 Å². The average Bonchev–Trinajstić information content (AvgIpc) is 2.93. The molecule has 0 radical (unpaired) electrons. The molecule has 0 amide bonds. The summed E-state index contributed by atoms with van der Waals surface area (Å²) in [5, 5.41) is 12.9. The first kappa shape index (κ1) is 13.9. The number of benzene rings is 2. The van der Waals surface area contributed by atoms with E-state index in [1.807, 2.05) is 25.1 Å². The van der Waals surface area contributed by atoms with Crippen LogP contribution in [0.3, 0.4) is 0 Å². The molecule has 21 heavy (non-hydrogen) atoms. The van der Waals surface area contributed by atoms with E-state index in [-0.39, 0.29) is 0 Å². The second kappa shape index (κ2) is 5.35. The molecule has 1 aromatic heterocycles. The largest absolute Gasteiger partial charge is 0.399 e. The smallest absolute Gasteiger partial charge is 0.187 e. The Balaban J connectivity index is 2.17. The molecule has 5 nitrogen and oxygen atoms in total. The lowest BCUT2D eigenvalue weighted by atomic mass is 10.1. The average molecular weight is 320 g/mol. The lowest BCUT2D eigenvalue weighted by Gasteiger charge is -2.08. The molecular formula is C14H11Cl2N5. The Labute approximate surface area is 131 Å². The van der Waals surface area contributed by atoms with Gasteiger partial charge in [0.2, 0.25) is 0 Å². The van der Waals surface area contributed by atoms with Crippen LogP contribution >= 0.6 is 23.2 Å². The van der Waals surface area contributed by atoms with Gasteiger partial charge in [-0.3, -0.25) is 0 Å². The van der Waals surface area contributed by atoms with Crippen molar-refractivity contribution in [1.29, 1.82) is 0 Å². The number of nitrogens with two attached hydrogens (primary N) is 1. The van der Waals surface area contributed by atoms with Gasteiger partial charge < -0.3 is 5.73 Å². The van der Waals surface area contributed by atoms with Gasteiger partial charge in [-0.15, -0.1) is 5.10 Å². The third-order valence-corrected chi connectivity index (χ3v) is 3.69. The Morgan fingerprint density at radius 2 is 1.90 bits per heavy atom. The van der Waals surface area contributed by atoms with Gasteiger partial charge in [0.15, 0.2) is 5.82 Å². The summed E-state index contributed by atoms with van der Waals surface area (Å²) in [5.41, 5.74) is 8.99. The predicted octanol–water partition coefficient (Wildman–Crippen LogP) is 3.53. The summed E-state index contributed by atoms with van der Waals surface area (Å²) in [6, 6.07) is 10.7. The van der Waals surface area contributed by atoms with Crippen LogP contribution in [-0.2, 0) is 0 Å². The highest BCUT2D eigenvalue weighted by atomic mass is 35.5. The molecule has 7 heteroatoms. The summed E-state index contributed by atoms with van der Waals surface area (Å²) in [4.78, 5) is 0. The Morgan fingerprint density at radius 3 is 2.67 bits per heavy atom. The van der Waals surface area contributed by atoms with Crippen molar-refractivity contribution < 1.29 is 0 Å². The minimum Gasteiger partial charge on any atom is -0.399 e. The van der Waals surface area contributed by atoms with Crippen molar-refractivity contribution in [2.24, 2.45) is 0 Å². The van der Waals surface area contributed by atoms with Gasteiger partial charge in [0.1, 0.15) is 0 Å². The van der Waals surface area contributed by atoms with E-state index in [0.29, 0.717) is 21.6 Å². The summed E-state index contributed by atoms with van der Waals surface area (Å²) in [6.07, 6.45) is 0. The second-order valence-corrected chi connectivity index (χ2v) is 5.43. The third kappa shape index (κ3) is 2.57. The summed E-state index contributed by atoms with van der Waals surface area (Å²) in [5.74, 6) is 0.572. The van der Waals surface area contributed by atoms with Gasteiger partial charge in [0.25, 0.3) is 0 Å². The number of nitrogens with zero attached hydrogens (tertiary/aromatic N) is 4. The van der Waals surface area contributed by atoms with Crippen molar-refractivity contribution in [2.75, 3.05) is 5.73 Å². The Kier molecular flexibility index (Phi) is 3.53. The Hall–Kier alpha value is -2.11. The van der Waals surface area contributed by atoms with Gasteiger partial charge in [-0.05, 0) is 59.3 Å². The highest BCUT2D eigenvalue weighted by Crippen LogP contribution is 2.28. The monoisotopic (exact) mass is 319 g/mol. The number of hydrogen-bond donors (Lipinski definition) is 1. The molecule has 0 bridgehead atoms. The quantitative estimate of drug-likeness (QED) is 0.733. The minimum atomic E-state index is 0.514. The summed E-state index contributed by atoms with van der Waals surface area (Å²) < 4.78 is 1.55. The zero-order valence-electron chi connectivity index (χ0n) is 11.1. The molecule has 3 aromatic rings. The van der Waals surface area contributed by atoms with Gasteiger partial charge in [0, 0.05) is 16.3 Å². The highest BCUT2D eigenvalue weighted by Gasteiger charge is 2.14. The van der Waals surface area contributed by atoms with Crippen LogP contribution in [0, 0.1) is 6.92 Å². The predicted molar refractivity (Wildman–Crippen MR) is 83.8 cm³/mol. The molecule has 0 aliphatic carbocycles. The number of aryl methyl sites for hydroxylation is 1. The summed E-state index contributed by atoms with van der Waals surface area (Å²) in [6.45, 7) is 1.93. The van der Waals surface area contributed by atoms with Gasteiger partial charge in [-0.1, -0.05) is 23.2 Å². The van der Waals surface area contributed by atoms with E-state index in [1.54, 1.807) is 22.9 Å². The fourth-order valence-corrected chi connectivity index (χ4v) is 2.36. The molecule has 3 rings (SSSR count). The maximum Gasteiger partial charge on any atom is 0.187 e. The van der Waals surface area contributed by atoms with E-state index >= 15 is 0 Å². The van der Waals surface area contributed by atoms with E-state index in [1.165, 1.54) is 0 Å². The number of anilines is 1. The maximum absolute atomic E-state index is 6.21.